The molecule has 1 atom stereocenters. The topological polar surface area (TPSA) is 60.4 Å². The molecule has 1 aliphatic rings. The molecule has 0 spiro atoms. The maximum absolute atomic E-state index is 10.9. The van der Waals surface area contributed by atoms with Crippen molar-refractivity contribution < 1.29 is 13.6 Å². The number of carbonyl (C=O) groups excluding carboxylic acids is 1. The van der Waals surface area contributed by atoms with Gasteiger partial charge in [0.25, 0.3) is 0 Å². The summed E-state index contributed by atoms with van der Waals surface area (Å²) >= 11 is -2.27. The van der Waals surface area contributed by atoms with Crippen LogP contribution in [0.2, 0.25) is 0 Å². The standard InChI is InChI=1S/C6H11NO3S/c1-6(2)3-5(8)4-7(6)11(9)10/h3-4H2,1-2H3,(H,9,10)/p-1. The molecule has 1 unspecified atom stereocenters. The molecule has 11 heavy (non-hydrogen) atoms. The van der Waals surface area contributed by atoms with Crippen LogP contribution in [-0.4, -0.2) is 30.9 Å². The van der Waals surface area contributed by atoms with Crippen molar-refractivity contribution in [3.05, 3.63) is 0 Å². The fourth-order valence-corrected chi connectivity index (χ4v) is 1.97. The van der Waals surface area contributed by atoms with Crippen LogP contribution >= 0.6 is 0 Å². The Hall–Kier alpha value is -0.260. The lowest BCUT2D eigenvalue weighted by Gasteiger charge is -2.31. The zero-order chi connectivity index (χ0) is 8.65. The molecule has 0 aromatic rings. The van der Waals surface area contributed by atoms with Gasteiger partial charge in [0.2, 0.25) is 0 Å². The Labute approximate surface area is 68.0 Å². The van der Waals surface area contributed by atoms with E-state index in [0.29, 0.717) is 6.42 Å². The van der Waals surface area contributed by atoms with E-state index in [1.165, 1.54) is 4.31 Å². The van der Waals surface area contributed by atoms with E-state index in [1.54, 1.807) is 13.8 Å². The first-order chi connectivity index (χ1) is 4.93. The highest BCUT2D eigenvalue weighted by Gasteiger charge is 2.37. The summed E-state index contributed by atoms with van der Waals surface area (Å²) in [5.41, 5.74) is -0.524. The van der Waals surface area contributed by atoms with Crippen molar-refractivity contribution >= 4 is 17.0 Å². The maximum Gasteiger partial charge on any atom is 0.149 e. The smallest absolute Gasteiger partial charge is 0.149 e. The summed E-state index contributed by atoms with van der Waals surface area (Å²) in [4.78, 5) is 10.9. The number of ketones is 1. The molecule has 0 radical (unpaired) electrons. The van der Waals surface area contributed by atoms with Crippen molar-refractivity contribution in [3.8, 4) is 0 Å². The summed E-state index contributed by atoms with van der Waals surface area (Å²) in [5, 5.41) is 0. The predicted molar refractivity (Wildman–Crippen MR) is 39.3 cm³/mol. The van der Waals surface area contributed by atoms with Crippen LogP contribution in [0, 0.1) is 0 Å². The number of hydrogen-bond acceptors (Lipinski definition) is 3. The quantitative estimate of drug-likeness (QED) is 0.521. The molecule has 1 fully saturated rings. The molecule has 0 amide bonds. The second kappa shape index (κ2) is 2.66. The van der Waals surface area contributed by atoms with Crippen LogP contribution in [0.3, 0.4) is 0 Å². The number of rotatable bonds is 1. The lowest BCUT2D eigenvalue weighted by Crippen LogP contribution is -2.39. The van der Waals surface area contributed by atoms with Crippen molar-refractivity contribution in [2.45, 2.75) is 25.8 Å². The van der Waals surface area contributed by atoms with E-state index in [1.807, 2.05) is 0 Å². The SMILES string of the molecule is CC1(C)CC(=O)CN1S(=O)[O-]. The highest BCUT2D eigenvalue weighted by atomic mass is 32.2. The summed E-state index contributed by atoms with van der Waals surface area (Å²) in [6.07, 6.45) is 0.320. The van der Waals surface area contributed by atoms with E-state index >= 15 is 0 Å². The highest BCUT2D eigenvalue weighted by Crippen LogP contribution is 2.26. The molecular formula is C6H10NO3S-. The second-order valence-corrected chi connectivity index (χ2v) is 4.16. The van der Waals surface area contributed by atoms with Gasteiger partial charge in [0.05, 0.1) is 6.54 Å². The summed E-state index contributed by atoms with van der Waals surface area (Å²) in [6.45, 7) is 3.52. The van der Waals surface area contributed by atoms with E-state index in [0.717, 1.165) is 0 Å². The second-order valence-electron chi connectivity index (χ2n) is 3.28. The lowest BCUT2D eigenvalue weighted by molar-refractivity contribution is -0.116. The maximum atomic E-state index is 10.9. The zero-order valence-corrected chi connectivity index (χ0v) is 7.31. The lowest BCUT2D eigenvalue weighted by atomic mass is 10.0. The van der Waals surface area contributed by atoms with Crippen LogP contribution in [0.5, 0.6) is 0 Å². The fourth-order valence-electron chi connectivity index (χ4n) is 1.26. The van der Waals surface area contributed by atoms with Gasteiger partial charge in [-0.25, -0.2) is 4.31 Å². The normalized spacial score (nSPS) is 27.4. The first kappa shape index (κ1) is 8.83. The Balaban J connectivity index is 2.82. The minimum absolute atomic E-state index is 0.0146. The first-order valence-electron chi connectivity index (χ1n) is 3.32. The van der Waals surface area contributed by atoms with Gasteiger partial charge in [-0.15, -0.1) is 0 Å². The first-order valence-corrected chi connectivity index (χ1v) is 4.35. The average molecular weight is 176 g/mol. The average Bonchev–Trinajstić information content (AvgIpc) is 2.04. The van der Waals surface area contributed by atoms with Crippen LogP contribution < -0.4 is 0 Å². The number of nitrogens with zero attached hydrogens (tertiary/aromatic N) is 1. The molecule has 0 N–H and O–H groups in total. The van der Waals surface area contributed by atoms with Gasteiger partial charge in [0.15, 0.2) is 0 Å². The van der Waals surface area contributed by atoms with E-state index in [2.05, 4.69) is 0 Å². The van der Waals surface area contributed by atoms with Gasteiger partial charge >= 0.3 is 0 Å². The molecule has 0 aliphatic carbocycles. The fraction of sp³-hybridized carbons (Fsp3) is 0.833. The van der Waals surface area contributed by atoms with Gasteiger partial charge in [0.1, 0.15) is 5.78 Å². The Morgan fingerprint density at radius 2 is 2.18 bits per heavy atom. The number of carbonyl (C=O) groups is 1. The van der Waals surface area contributed by atoms with Crippen LogP contribution in [-0.2, 0) is 16.1 Å². The zero-order valence-electron chi connectivity index (χ0n) is 6.49. The Kier molecular flexibility index (Phi) is 2.13. The Morgan fingerprint density at radius 3 is 2.36 bits per heavy atom. The minimum Gasteiger partial charge on any atom is -0.760 e. The van der Waals surface area contributed by atoms with Crippen molar-refractivity contribution in [2.24, 2.45) is 0 Å². The Morgan fingerprint density at radius 1 is 1.64 bits per heavy atom. The van der Waals surface area contributed by atoms with E-state index < -0.39 is 16.8 Å². The third-order valence-corrected chi connectivity index (χ3v) is 2.79. The summed E-state index contributed by atoms with van der Waals surface area (Å²) in [7, 11) is 0. The van der Waals surface area contributed by atoms with Gasteiger partial charge < -0.3 is 4.55 Å². The molecule has 1 aliphatic heterocycles. The summed E-state index contributed by atoms with van der Waals surface area (Å²) in [5.74, 6) is -0.0146. The summed E-state index contributed by atoms with van der Waals surface area (Å²) in [6, 6.07) is 0. The summed E-state index contributed by atoms with van der Waals surface area (Å²) < 4.78 is 22.2. The van der Waals surface area contributed by atoms with Crippen molar-refractivity contribution in [1.29, 1.82) is 0 Å². The van der Waals surface area contributed by atoms with E-state index in [4.69, 9.17) is 0 Å². The Bertz CT molecular complexity index is 214. The van der Waals surface area contributed by atoms with Gasteiger partial charge in [-0.2, -0.15) is 0 Å². The predicted octanol–water partition coefficient (Wildman–Crippen LogP) is -0.166. The van der Waals surface area contributed by atoms with Crippen molar-refractivity contribution in [3.63, 3.8) is 0 Å². The largest absolute Gasteiger partial charge is 0.760 e. The molecule has 0 aromatic heterocycles. The molecule has 1 saturated heterocycles. The molecule has 64 valence electrons. The van der Waals surface area contributed by atoms with E-state index in [9.17, 15) is 13.6 Å². The van der Waals surface area contributed by atoms with Crippen LogP contribution in [0.25, 0.3) is 0 Å². The van der Waals surface area contributed by atoms with Crippen LogP contribution in [0.4, 0.5) is 0 Å². The molecule has 4 nitrogen and oxygen atoms in total. The molecule has 1 heterocycles. The van der Waals surface area contributed by atoms with Crippen molar-refractivity contribution in [1.82, 2.24) is 4.31 Å². The monoisotopic (exact) mass is 176 g/mol. The molecule has 5 heteroatoms. The molecule has 0 aromatic carbocycles. The third-order valence-electron chi connectivity index (χ3n) is 1.80. The number of hydrogen-bond donors (Lipinski definition) is 0. The third kappa shape index (κ3) is 1.66. The van der Waals surface area contributed by atoms with E-state index in [-0.39, 0.29) is 12.3 Å². The van der Waals surface area contributed by atoms with Crippen LogP contribution in [0.15, 0.2) is 0 Å². The van der Waals surface area contributed by atoms with Crippen molar-refractivity contribution in [2.75, 3.05) is 6.54 Å². The highest BCUT2D eigenvalue weighted by molar-refractivity contribution is 7.76. The molecule has 0 bridgehead atoms. The number of Topliss-reactive ketones (excluding diaryl/α,β-unsaturated/α-hetero) is 1. The molecular weight excluding hydrogens is 166 g/mol. The minimum atomic E-state index is -2.27. The van der Waals surface area contributed by atoms with Crippen LogP contribution in [0.1, 0.15) is 20.3 Å². The molecule has 0 saturated carbocycles. The van der Waals surface area contributed by atoms with Gasteiger partial charge in [-0.3, -0.25) is 9.00 Å². The van der Waals surface area contributed by atoms with Gasteiger partial charge in [-0.1, -0.05) is 0 Å². The van der Waals surface area contributed by atoms with Gasteiger partial charge in [-0.05, 0) is 13.8 Å². The molecule has 1 rings (SSSR count). The van der Waals surface area contributed by atoms with Gasteiger partial charge in [0, 0.05) is 23.2 Å².